The standard InChI is InChI=1S/C14H21FN2O/c1-14(2,3)12(16)13(18)17(4)9-10-5-7-11(15)8-6-10/h5-8,12H,9,16H2,1-4H3/t12-/m1/s1. The zero-order chi connectivity index (χ0) is 13.9. The van der Waals surface area contributed by atoms with Crippen LogP contribution in [0, 0.1) is 11.2 Å². The summed E-state index contributed by atoms with van der Waals surface area (Å²) in [6.07, 6.45) is 0. The van der Waals surface area contributed by atoms with Crippen LogP contribution < -0.4 is 5.73 Å². The quantitative estimate of drug-likeness (QED) is 0.896. The van der Waals surface area contributed by atoms with Crippen molar-refractivity contribution in [1.82, 2.24) is 4.90 Å². The number of amides is 1. The van der Waals surface area contributed by atoms with E-state index >= 15 is 0 Å². The van der Waals surface area contributed by atoms with Crippen LogP contribution in [0.15, 0.2) is 24.3 Å². The third kappa shape index (κ3) is 3.81. The summed E-state index contributed by atoms with van der Waals surface area (Å²) in [6.45, 7) is 6.23. The van der Waals surface area contributed by atoms with Crippen LogP contribution in [-0.2, 0) is 11.3 Å². The number of nitrogens with two attached hydrogens (primary N) is 1. The molecule has 0 saturated heterocycles. The fourth-order valence-corrected chi connectivity index (χ4v) is 1.55. The van der Waals surface area contributed by atoms with Crippen molar-refractivity contribution in [3.8, 4) is 0 Å². The van der Waals surface area contributed by atoms with E-state index in [9.17, 15) is 9.18 Å². The largest absolute Gasteiger partial charge is 0.340 e. The summed E-state index contributed by atoms with van der Waals surface area (Å²) in [5, 5.41) is 0. The van der Waals surface area contributed by atoms with Gasteiger partial charge in [-0.05, 0) is 23.1 Å². The predicted octanol–water partition coefficient (Wildman–Crippen LogP) is 2.16. The zero-order valence-corrected chi connectivity index (χ0v) is 11.4. The Kier molecular flexibility index (Phi) is 4.46. The van der Waals surface area contributed by atoms with Gasteiger partial charge in [0, 0.05) is 13.6 Å². The average Bonchev–Trinajstić information content (AvgIpc) is 2.29. The Hall–Kier alpha value is -1.42. The van der Waals surface area contributed by atoms with Gasteiger partial charge in [0.25, 0.3) is 0 Å². The van der Waals surface area contributed by atoms with Gasteiger partial charge in [0.1, 0.15) is 5.82 Å². The predicted molar refractivity (Wildman–Crippen MR) is 70.3 cm³/mol. The molecule has 2 N–H and O–H groups in total. The summed E-state index contributed by atoms with van der Waals surface area (Å²) in [7, 11) is 1.71. The molecule has 100 valence electrons. The molecule has 1 rings (SSSR count). The molecular weight excluding hydrogens is 231 g/mol. The molecule has 1 aromatic rings. The third-order valence-electron chi connectivity index (χ3n) is 2.91. The third-order valence-corrected chi connectivity index (χ3v) is 2.91. The number of hydrogen-bond donors (Lipinski definition) is 1. The molecule has 1 aromatic carbocycles. The Morgan fingerprint density at radius 3 is 2.28 bits per heavy atom. The molecule has 0 fully saturated rings. The zero-order valence-electron chi connectivity index (χ0n) is 11.4. The lowest BCUT2D eigenvalue weighted by molar-refractivity contribution is -0.134. The smallest absolute Gasteiger partial charge is 0.240 e. The van der Waals surface area contributed by atoms with Gasteiger partial charge >= 0.3 is 0 Å². The first-order valence-electron chi connectivity index (χ1n) is 5.97. The molecular formula is C14H21FN2O. The molecule has 0 radical (unpaired) electrons. The minimum Gasteiger partial charge on any atom is -0.340 e. The number of hydrogen-bond acceptors (Lipinski definition) is 2. The SMILES string of the molecule is CN(Cc1ccc(F)cc1)C(=O)[C@@H](N)C(C)(C)C. The summed E-state index contributed by atoms with van der Waals surface area (Å²) < 4.78 is 12.8. The van der Waals surface area contributed by atoms with E-state index in [1.165, 1.54) is 12.1 Å². The maximum absolute atomic E-state index is 12.8. The Morgan fingerprint density at radius 2 is 1.83 bits per heavy atom. The van der Waals surface area contributed by atoms with Gasteiger partial charge in [-0.15, -0.1) is 0 Å². The van der Waals surface area contributed by atoms with Crippen LogP contribution in [0.4, 0.5) is 4.39 Å². The van der Waals surface area contributed by atoms with Gasteiger partial charge in [-0.3, -0.25) is 4.79 Å². The molecule has 0 bridgehead atoms. The van der Waals surface area contributed by atoms with Gasteiger partial charge in [0.05, 0.1) is 6.04 Å². The number of halogens is 1. The van der Waals surface area contributed by atoms with E-state index in [0.29, 0.717) is 6.54 Å². The molecule has 18 heavy (non-hydrogen) atoms. The Bertz CT molecular complexity index is 409. The first-order valence-corrected chi connectivity index (χ1v) is 5.97. The van der Waals surface area contributed by atoms with E-state index in [4.69, 9.17) is 5.73 Å². The number of carbonyl (C=O) groups excluding carboxylic acids is 1. The minimum atomic E-state index is -0.539. The van der Waals surface area contributed by atoms with Crippen molar-refractivity contribution >= 4 is 5.91 Å². The van der Waals surface area contributed by atoms with Gasteiger partial charge in [0.15, 0.2) is 0 Å². The van der Waals surface area contributed by atoms with Crippen molar-refractivity contribution in [2.75, 3.05) is 7.05 Å². The maximum atomic E-state index is 12.8. The lowest BCUT2D eigenvalue weighted by Gasteiger charge is -2.30. The van der Waals surface area contributed by atoms with Gasteiger partial charge in [-0.1, -0.05) is 32.9 Å². The van der Waals surface area contributed by atoms with Crippen LogP contribution in [-0.4, -0.2) is 23.9 Å². The average molecular weight is 252 g/mol. The number of likely N-dealkylation sites (N-methyl/N-ethyl adjacent to an activating group) is 1. The van der Waals surface area contributed by atoms with Crippen LogP contribution in [0.1, 0.15) is 26.3 Å². The van der Waals surface area contributed by atoms with Crippen molar-refractivity contribution in [3.05, 3.63) is 35.6 Å². The van der Waals surface area contributed by atoms with E-state index in [1.54, 1.807) is 24.1 Å². The minimum absolute atomic E-state index is 0.105. The molecule has 0 heterocycles. The lowest BCUT2D eigenvalue weighted by Crippen LogP contribution is -2.48. The summed E-state index contributed by atoms with van der Waals surface area (Å²) in [5.41, 5.74) is 6.53. The van der Waals surface area contributed by atoms with Crippen LogP contribution in [0.5, 0.6) is 0 Å². The van der Waals surface area contributed by atoms with Crippen LogP contribution >= 0.6 is 0 Å². The molecule has 1 atom stereocenters. The lowest BCUT2D eigenvalue weighted by atomic mass is 9.86. The summed E-state index contributed by atoms with van der Waals surface area (Å²) in [6, 6.07) is 5.57. The van der Waals surface area contributed by atoms with Gasteiger partial charge in [-0.2, -0.15) is 0 Å². The van der Waals surface area contributed by atoms with Gasteiger partial charge in [0.2, 0.25) is 5.91 Å². The van der Waals surface area contributed by atoms with E-state index < -0.39 is 6.04 Å². The normalized spacial score (nSPS) is 13.2. The topological polar surface area (TPSA) is 46.3 Å². The van der Waals surface area contributed by atoms with Crippen molar-refractivity contribution in [2.24, 2.45) is 11.1 Å². The Labute approximate surface area is 108 Å². The molecule has 0 unspecified atom stereocenters. The highest BCUT2D eigenvalue weighted by Gasteiger charge is 2.29. The van der Waals surface area contributed by atoms with Crippen LogP contribution in [0.3, 0.4) is 0 Å². The van der Waals surface area contributed by atoms with E-state index in [0.717, 1.165) is 5.56 Å². The molecule has 0 saturated carbocycles. The summed E-state index contributed by atoms with van der Waals surface area (Å²) in [4.78, 5) is 13.7. The highest BCUT2D eigenvalue weighted by atomic mass is 19.1. The van der Waals surface area contributed by atoms with Crippen LogP contribution in [0.25, 0.3) is 0 Å². The second-order valence-electron chi connectivity index (χ2n) is 5.66. The molecule has 0 aliphatic heterocycles. The van der Waals surface area contributed by atoms with Crippen molar-refractivity contribution in [3.63, 3.8) is 0 Å². The van der Waals surface area contributed by atoms with E-state index in [-0.39, 0.29) is 17.1 Å². The molecule has 0 spiro atoms. The fraction of sp³-hybridized carbons (Fsp3) is 0.500. The molecule has 3 nitrogen and oxygen atoms in total. The second-order valence-corrected chi connectivity index (χ2v) is 5.66. The Balaban J connectivity index is 2.68. The number of rotatable bonds is 3. The van der Waals surface area contributed by atoms with Crippen molar-refractivity contribution < 1.29 is 9.18 Å². The summed E-state index contributed by atoms with van der Waals surface area (Å²) in [5.74, 6) is -0.383. The van der Waals surface area contributed by atoms with E-state index in [2.05, 4.69) is 0 Å². The first kappa shape index (κ1) is 14.6. The van der Waals surface area contributed by atoms with Crippen molar-refractivity contribution in [2.45, 2.75) is 33.4 Å². The van der Waals surface area contributed by atoms with Crippen molar-refractivity contribution in [1.29, 1.82) is 0 Å². The first-order chi connectivity index (χ1) is 8.21. The molecule has 0 aromatic heterocycles. The van der Waals surface area contributed by atoms with Gasteiger partial charge < -0.3 is 10.6 Å². The number of benzene rings is 1. The number of carbonyl (C=O) groups is 1. The second kappa shape index (κ2) is 5.48. The molecule has 1 amide bonds. The van der Waals surface area contributed by atoms with E-state index in [1.807, 2.05) is 20.8 Å². The highest BCUT2D eigenvalue weighted by molar-refractivity contribution is 5.82. The summed E-state index contributed by atoms with van der Waals surface area (Å²) >= 11 is 0. The fourth-order valence-electron chi connectivity index (χ4n) is 1.55. The Morgan fingerprint density at radius 1 is 1.33 bits per heavy atom. The molecule has 0 aliphatic carbocycles. The highest BCUT2D eigenvalue weighted by Crippen LogP contribution is 2.19. The molecule has 4 heteroatoms. The maximum Gasteiger partial charge on any atom is 0.240 e. The number of nitrogens with zero attached hydrogens (tertiary/aromatic N) is 1. The van der Waals surface area contributed by atoms with Crippen LogP contribution in [0.2, 0.25) is 0 Å². The van der Waals surface area contributed by atoms with Gasteiger partial charge in [-0.25, -0.2) is 4.39 Å². The monoisotopic (exact) mass is 252 g/mol. The molecule has 0 aliphatic rings.